The van der Waals surface area contributed by atoms with Crippen molar-refractivity contribution in [2.75, 3.05) is 40.8 Å². The number of rotatable bonds is 8. The molecule has 0 saturated heterocycles. The fourth-order valence-electron chi connectivity index (χ4n) is 3.21. The monoisotopic (exact) mass is 502 g/mol. The molecule has 0 unspecified atom stereocenters. The van der Waals surface area contributed by atoms with Gasteiger partial charge in [-0.3, -0.25) is 4.79 Å². The van der Waals surface area contributed by atoms with Gasteiger partial charge in [-0.05, 0) is 42.9 Å². The summed E-state index contributed by atoms with van der Waals surface area (Å²) in [7, 11) is 5.18. The van der Waals surface area contributed by atoms with Crippen molar-refractivity contribution in [1.29, 1.82) is 0 Å². The van der Waals surface area contributed by atoms with Crippen molar-refractivity contribution in [3.63, 3.8) is 0 Å². The molecular formula is C21H35IN4O2. The molecule has 7 heteroatoms. The van der Waals surface area contributed by atoms with E-state index in [4.69, 9.17) is 4.74 Å². The zero-order valence-corrected chi connectivity index (χ0v) is 19.7. The van der Waals surface area contributed by atoms with Gasteiger partial charge in [0, 0.05) is 27.2 Å². The third-order valence-corrected chi connectivity index (χ3v) is 5.02. The van der Waals surface area contributed by atoms with Gasteiger partial charge in [0.15, 0.2) is 5.96 Å². The van der Waals surface area contributed by atoms with Crippen molar-refractivity contribution in [2.24, 2.45) is 10.9 Å². The van der Waals surface area contributed by atoms with Gasteiger partial charge >= 0.3 is 0 Å². The molecular weight excluding hydrogens is 467 g/mol. The molecule has 158 valence electrons. The standard InChI is InChI=1S/C21H34N4O2.HI/c1-25(2)20(26)16-24-21(23-15-18-7-5-4-6-8-18)22-14-13-17-9-11-19(27-3)12-10-17;/h9-12,18H,4-8,13-16H2,1-3H3,(H2,22,23,24);1H. The van der Waals surface area contributed by atoms with Gasteiger partial charge in [0.1, 0.15) is 12.3 Å². The summed E-state index contributed by atoms with van der Waals surface area (Å²) in [6.45, 7) is 1.85. The molecule has 28 heavy (non-hydrogen) atoms. The predicted octanol–water partition coefficient (Wildman–Crippen LogP) is 3.06. The van der Waals surface area contributed by atoms with Crippen LogP contribution in [-0.2, 0) is 11.2 Å². The smallest absolute Gasteiger partial charge is 0.243 e. The van der Waals surface area contributed by atoms with Gasteiger partial charge in [-0.2, -0.15) is 0 Å². The number of nitrogens with one attached hydrogen (secondary N) is 2. The maximum atomic E-state index is 11.9. The highest BCUT2D eigenvalue weighted by Crippen LogP contribution is 2.22. The van der Waals surface area contributed by atoms with E-state index in [1.165, 1.54) is 37.7 Å². The van der Waals surface area contributed by atoms with Crippen LogP contribution in [0.2, 0.25) is 0 Å². The van der Waals surface area contributed by atoms with Crippen LogP contribution in [-0.4, -0.2) is 57.6 Å². The lowest BCUT2D eigenvalue weighted by atomic mass is 9.89. The van der Waals surface area contributed by atoms with E-state index in [1.54, 1.807) is 26.1 Å². The second kappa shape index (κ2) is 13.6. The molecule has 1 aromatic carbocycles. The number of ether oxygens (including phenoxy) is 1. The van der Waals surface area contributed by atoms with E-state index in [1.807, 2.05) is 12.1 Å². The van der Waals surface area contributed by atoms with E-state index < -0.39 is 0 Å². The van der Waals surface area contributed by atoms with Gasteiger partial charge in [-0.1, -0.05) is 31.4 Å². The minimum absolute atomic E-state index is 0. The topological polar surface area (TPSA) is 66.0 Å². The Bertz CT molecular complexity index is 599. The molecule has 1 aromatic rings. The first kappa shape index (κ1) is 24.5. The molecule has 1 aliphatic carbocycles. The van der Waals surface area contributed by atoms with E-state index in [0.29, 0.717) is 5.92 Å². The zero-order chi connectivity index (χ0) is 19.5. The quantitative estimate of drug-likeness (QED) is 0.326. The molecule has 0 radical (unpaired) electrons. The van der Waals surface area contributed by atoms with Crippen molar-refractivity contribution in [1.82, 2.24) is 15.5 Å². The summed E-state index contributed by atoms with van der Waals surface area (Å²) in [4.78, 5) is 17.9. The summed E-state index contributed by atoms with van der Waals surface area (Å²) in [6.07, 6.45) is 7.45. The number of methoxy groups -OCH3 is 1. The number of halogens is 1. The number of carbonyl (C=O) groups excluding carboxylic acids is 1. The summed E-state index contributed by atoms with van der Waals surface area (Å²) in [5.74, 6) is 2.30. The van der Waals surface area contributed by atoms with Crippen LogP contribution in [0.4, 0.5) is 0 Å². The number of amides is 1. The molecule has 1 saturated carbocycles. The number of aliphatic imine (C=N–C) groups is 1. The van der Waals surface area contributed by atoms with Crippen LogP contribution in [0.25, 0.3) is 0 Å². The second-order valence-corrected chi connectivity index (χ2v) is 7.36. The molecule has 0 heterocycles. The first-order valence-electron chi connectivity index (χ1n) is 9.93. The zero-order valence-electron chi connectivity index (χ0n) is 17.4. The van der Waals surface area contributed by atoms with E-state index in [2.05, 4.69) is 27.8 Å². The Morgan fingerprint density at radius 1 is 1.14 bits per heavy atom. The summed E-state index contributed by atoms with van der Waals surface area (Å²) in [6, 6.07) is 8.09. The Balaban J connectivity index is 0.00000392. The molecule has 0 aliphatic heterocycles. The van der Waals surface area contributed by atoms with Gasteiger partial charge in [-0.15, -0.1) is 24.0 Å². The third kappa shape index (κ3) is 9.12. The first-order chi connectivity index (χ1) is 13.1. The molecule has 0 atom stereocenters. The Morgan fingerprint density at radius 3 is 2.43 bits per heavy atom. The van der Waals surface area contributed by atoms with Crippen LogP contribution >= 0.6 is 24.0 Å². The lowest BCUT2D eigenvalue weighted by Crippen LogP contribution is -2.41. The average Bonchev–Trinajstić information content (AvgIpc) is 2.70. The van der Waals surface area contributed by atoms with Gasteiger partial charge < -0.3 is 20.3 Å². The van der Waals surface area contributed by atoms with Crippen LogP contribution in [0.15, 0.2) is 29.3 Å². The van der Waals surface area contributed by atoms with Crippen LogP contribution in [0, 0.1) is 5.92 Å². The minimum Gasteiger partial charge on any atom is -0.497 e. The molecule has 1 fully saturated rings. The SMILES string of the molecule is COc1ccc(CCNC(=NCC(=O)N(C)C)NCC2CCCCC2)cc1.I. The van der Waals surface area contributed by atoms with Gasteiger partial charge in [-0.25, -0.2) is 4.99 Å². The van der Waals surface area contributed by atoms with Crippen molar-refractivity contribution < 1.29 is 9.53 Å². The van der Waals surface area contributed by atoms with Gasteiger partial charge in [0.05, 0.1) is 7.11 Å². The number of benzene rings is 1. The third-order valence-electron chi connectivity index (χ3n) is 5.02. The molecule has 1 aliphatic rings. The molecule has 2 rings (SSSR count). The van der Waals surface area contributed by atoms with E-state index >= 15 is 0 Å². The van der Waals surface area contributed by atoms with Crippen molar-refractivity contribution in [3.8, 4) is 5.75 Å². The molecule has 0 bridgehead atoms. The lowest BCUT2D eigenvalue weighted by Gasteiger charge is -2.23. The van der Waals surface area contributed by atoms with Gasteiger partial charge in [0.25, 0.3) is 0 Å². The highest BCUT2D eigenvalue weighted by atomic mass is 127. The van der Waals surface area contributed by atoms with Gasteiger partial charge in [0.2, 0.25) is 5.91 Å². The molecule has 2 N–H and O–H groups in total. The lowest BCUT2D eigenvalue weighted by molar-refractivity contribution is -0.127. The summed E-state index contributed by atoms with van der Waals surface area (Å²) in [5.41, 5.74) is 1.24. The number of carbonyl (C=O) groups is 1. The first-order valence-corrected chi connectivity index (χ1v) is 9.93. The summed E-state index contributed by atoms with van der Waals surface area (Å²) < 4.78 is 5.19. The fourth-order valence-corrected chi connectivity index (χ4v) is 3.21. The minimum atomic E-state index is 0. The van der Waals surface area contributed by atoms with Crippen molar-refractivity contribution in [2.45, 2.75) is 38.5 Å². The number of hydrogen-bond donors (Lipinski definition) is 2. The van der Waals surface area contributed by atoms with E-state index in [9.17, 15) is 4.79 Å². The van der Waals surface area contributed by atoms with Crippen LogP contribution in [0.5, 0.6) is 5.75 Å². The predicted molar refractivity (Wildman–Crippen MR) is 126 cm³/mol. The average molecular weight is 502 g/mol. The number of guanidine groups is 1. The Kier molecular flexibility index (Phi) is 11.9. The molecule has 0 spiro atoms. The maximum Gasteiger partial charge on any atom is 0.243 e. The molecule has 1 amide bonds. The van der Waals surface area contributed by atoms with Crippen LogP contribution < -0.4 is 15.4 Å². The number of nitrogens with zero attached hydrogens (tertiary/aromatic N) is 2. The normalized spacial score (nSPS) is 14.8. The largest absolute Gasteiger partial charge is 0.497 e. The Labute approximate surface area is 186 Å². The molecule has 0 aromatic heterocycles. The fraction of sp³-hybridized carbons (Fsp3) is 0.619. The van der Waals surface area contributed by atoms with E-state index in [0.717, 1.165) is 31.2 Å². The summed E-state index contributed by atoms with van der Waals surface area (Å²) >= 11 is 0. The Hall–Kier alpha value is -1.51. The van der Waals surface area contributed by atoms with Crippen LogP contribution in [0.3, 0.4) is 0 Å². The van der Waals surface area contributed by atoms with E-state index in [-0.39, 0.29) is 36.4 Å². The van der Waals surface area contributed by atoms with Crippen LogP contribution in [0.1, 0.15) is 37.7 Å². The highest BCUT2D eigenvalue weighted by molar-refractivity contribution is 14.0. The number of hydrogen-bond acceptors (Lipinski definition) is 3. The Morgan fingerprint density at radius 2 is 1.82 bits per heavy atom. The summed E-state index contributed by atoms with van der Waals surface area (Å²) in [5, 5.41) is 6.80. The second-order valence-electron chi connectivity index (χ2n) is 7.36. The highest BCUT2D eigenvalue weighted by Gasteiger charge is 2.14. The van der Waals surface area contributed by atoms with Crippen molar-refractivity contribution in [3.05, 3.63) is 29.8 Å². The maximum absolute atomic E-state index is 11.9. The molecule has 6 nitrogen and oxygen atoms in total. The van der Waals surface area contributed by atoms with Crippen molar-refractivity contribution >= 4 is 35.8 Å². The number of likely N-dealkylation sites (N-methyl/N-ethyl adjacent to an activating group) is 1.